The minimum atomic E-state index is -0.237. The van der Waals surface area contributed by atoms with Crippen LogP contribution < -0.4 is 49.8 Å². The highest BCUT2D eigenvalue weighted by molar-refractivity contribution is 6.00. The smallest absolute Gasteiger partial charge is 0.287 e. The summed E-state index contributed by atoms with van der Waals surface area (Å²) in [5.74, 6) is 3.10. The number of carbonyl (C=O) groups excluding carboxylic acids is 1. The fraction of sp³-hybridized carbons (Fsp3) is 0.376. The molecule has 0 saturated carbocycles. The number of pyridine rings is 2. The summed E-state index contributed by atoms with van der Waals surface area (Å²) in [6.45, 7) is 46.4. The van der Waals surface area contributed by atoms with E-state index in [9.17, 15) is 38.4 Å². The lowest BCUT2D eigenvalue weighted by Gasteiger charge is -2.12. The maximum absolute atomic E-state index is 12.2. The highest BCUT2D eigenvalue weighted by Crippen LogP contribution is 2.25. The van der Waals surface area contributed by atoms with Crippen LogP contribution in [0.15, 0.2) is 170 Å². The highest BCUT2D eigenvalue weighted by Gasteiger charge is 2.24. The van der Waals surface area contributed by atoms with Crippen LogP contribution >= 0.6 is 0 Å². The number of rotatable bonds is 9. The summed E-state index contributed by atoms with van der Waals surface area (Å²) in [4.78, 5) is 158. The number of Topliss-reactive ketones (excluding diaryl/α,β-unsaturated/α-hetero) is 1. The quantitative estimate of drug-likeness (QED) is 0.0781. The molecule has 18 aromatic heterocycles. The summed E-state index contributed by atoms with van der Waals surface area (Å²) in [5.41, 5.74) is 16.5. The zero-order chi connectivity index (χ0) is 92.0. The molecule has 0 radical (unpaired) electrons. The van der Waals surface area contributed by atoms with Gasteiger partial charge in [-0.05, 0) is 164 Å². The summed E-state index contributed by atoms with van der Waals surface area (Å²) in [5, 5.41) is 10.7. The third-order valence-corrected chi connectivity index (χ3v) is 20.1. The van der Waals surface area contributed by atoms with E-state index in [-0.39, 0.29) is 68.7 Å². The van der Waals surface area contributed by atoms with Crippen molar-refractivity contribution in [2.24, 2.45) is 0 Å². The SMILES string of the molecule is C=C1Cn2c(nc3c(ncn3C(C)C)c2=O)N1.CC(C)n1ccc(=O)c2nccn21.CC(C)n1ccc(=O)n2ccnc12.CC(C)n1cnc2c(=O)n3ccnc3[nH]c21.CC(C)n1cnc2c(N)ccnc21.CC(C)n1cnc2c1C=CCC2=O.Cc1cc2c(ncn2C(C)C)c(=O)[nH]1.Cc1nc2c(ncn2C(C)C)c(=O)[nH]1.Cc1nc2c(nnn2C(C)C)c(=O)[nH]1. The molecule has 0 aromatic carbocycles. The van der Waals surface area contributed by atoms with Crippen LogP contribution in [0.1, 0.15) is 219 Å². The van der Waals surface area contributed by atoms with Gasteiger partial charge in [0.25, 0.3) is 33.4 Å². The molecule has 18 aromatic rings. The number of aromatic nitrogens is 32. The Labute approximate surface area is 724 Å². The summed E-state index contributed by atoms with van der Waals surface area (Å²) in [6.07, 6.45) is 29.8. The van der Waals surface area contributed by atoms with Crippen LogP contribution in [-0.4, -0.2) is 160 Å². The summed E-state index contributed by atoms with van der Waals surface area (Å²) < 4.78 is 23.6. The second-order valence-electron chi connectivity index (χ2n) is 32.6. The molecule has 0 spiro atoms. The molecule has 127 heavy (non-hydrogen) atoms. The first-order chi connectivity index (χ1) is 60.3. The molecule has 0 unspecified atom stereocenters. The van der Waals surface area contributed by atoms with Crippen molar-refractivity contribution in [3.8, 4) is 0 Å². The van der Waals surface area contributed by atoms with E-state index in [1.165, 1.54) is 4.40 Å². The van der Waals surface area contributed by atoms with Gasteiger partial charge in [0.05, 0.1) is 67.4 Å². The molecule has 1 aliphatic heterocycles. The van der Waals surface area contributed by atoms with Crippen LogP contribution in [0.2, 0.25) is 0 Å². The van der Waals surface area contributed by atoms with Gasteiger partial charge in [-0.3, -0.25) is 52.0 Å². The molecule has 1 aliphatic carbocycles. The molecule has 20 rings (SSSR count). The molecular weight excluding hydrogens is 1630 g/mol. The molecule has 0 atom stereocenters. The number of allylic oxidation sites excluding steroid dienone is 2. The van der Waals surface area contributed by atoms with Gasteiger partial charge in [-0.15, -0.1) is 5.10 Å². The normalized spacial score (nSPS) is 12.2. The lowest BCUT2D eigenvalue weighted by Crippen LogP contribution is -2.19. The fourth-order valence-corrected chi connectivity index (χ4v) is 13.7. The van der Waals surface area contributed by atoms with E-state index >= 15 is 0 Å². The number of carbonyl (C=O) groups is 1. The second-order valence-corrected chi connectivity index (χ2v) is 32.6. The number of nitrogen functional groups attached to an aromatic ring is 1. The lowest BCUT2D eigenvalue weighted by molar-refractivity contribution is 0.0990. The van der Waals surface area contributed by atoms with Crippen molar-refractivity contribution in [3.63, 3.8) is 0 Å². The minimum Gasteiger partial charge on any atom is -0.397 e. The zero-order valence-corrected chi connectivity index (χ0v) is 74.8. The number of ketones is 1. The van der Waals surface area contributed by atoms with Crippen LogP contribution in [0.4, 0.5) is 11.6 Å². The molecule has 7 N–H and O–H groups in total. The molecular formula is C85H106N34O8. The van der Waals surface area contributed by atoms with Gasteiger partial charge in [-0.1, -0.05) is 17.9 Å². The second kappa shape index (κ2) is 38.2. The average molecular weight is 1730 g/mol. The molecule has 664 valence electrons. The average Bonchev–Trinajstić information content (AvgIpc) is 1.62. The molecule has 42 nitrogen and oxygen atoms in total. The van der Waals surface area contributed by atoms with E-state index < -0.39 is 0 Å². The number of aromatic amines is 4. The first kappa shape index (κ1) is 90.9. The van der Waals surface area contributed by atoms with E-state index in [1.807, 2.05) is 117 Å². The maximum atomic E-state index is 12.2. The Balaban J connectivity index is 0.000000130. The van der Waals surface area contributed by atoms with Gasteiger partial charge >= 0.3 is 0 Å². The molecule has 0 fully saturated rings. The number of nitrogens with two attached hydrogens (primary N) is 1. The van der Waals surface area contributed by atoms with E-state index in [1.54, 1.807) is 144 Å². The van der Waals surface area contributed by atoms with Crippen molar-refractivity contribution in [3.05, 3.63) is 237 Å². The number of aryl methyl sites for hydroxylation is 3. The number of hydrogen-bond acceptors (Lipinski definition) is 25. The number of fused-ring (bicyclic) bond motifs is 11. The van der Waals surface area contributed by atoms with Crippen molar-refractivity contribution < 1.29 is 4.79 Å². The maximum Gasteiger partial charge on any atom is 0.287 e. The first-order valence-electron chi connectivity index (χ1n) is 41.4. The van der Waals surface area contributed by atoms with Gasteiger partial charge in [0.2, 0.25) is 22.9 Å². The number of nitrogens with zero attached hydrogens (tertiary/aromatic N) is 28. The predicted molar refractivity (Wildman–Crippen MR) is 487 cm³/mol. The first-order valence-corrected chi connectivity index (χ1v) is 41.4. The van der Waals surface area contributed by atoms with Crippen LogP contribution in [-0.2, 0) is 6.54 Å². The molecule has 42 heteroatoms. The Bertz CT molecular complexity index is 7190. The van der Waals surface area contributed by atoms with Crippen molar-refractivity contribution >= 4 is 108 Å². The van der Waals surface area contributed by atoms with Crippen LogP contribution in [0.3, 0.4) is 0 Å². The van der Waals surface area contributed by atoms with E-state index in [4.69, 9.17) is 5.73 Å². The summed E-state index contributed by atoms with van der Waals surface area (Å²) in [6, 6.07) is 9.34. The molecule has 0 saturated heterocycles. The van der Waals surface area contributed by atoms with Crippen molar-refractivity contribution in [2.45, 2.75) is 213 Å². The Hall–Kier alpha value is -15.3. The Kier molecular flexibility index (Phi) is 27.4. The molecule has 2 aliphatic rings. The van der Waals surface area contributed by atoms with Crippen molar-refractivity contribution in [1.82, 2.24) is 154 Å². The van der Waals surface area contributed by atoms with Gasteiger partial charge in [0, 0.05) is 134 Å². The molecule has 19 heterocycles. The number of H-pyrrole nitrogens is 4. The lowest BCUT2D eigenvalue weighted by atomic mass is 10.1. The van der Waals surface area contributed by atoms with Crippen molar-refractivity contribution in [2.75, 3.05) is 11.1 Å². The van der Waals surface area contributed by atoms with Crippen molar-refractivity contribution in [1.29, 1.82) is 0 Å². The third-order valence-electron chi connectivity index (χ3n) is 20.1. The third kappa shape index (κ3) is 19.4. The van der Waals surface area contributed by atoms with Gasteiger partial charge in [-0.2, -0.15) is 4.98 Å². The topological polar surface area (TPSA) is 494 Å². The van der Waals surface area contributed by atoms with Crippen LogP contribution in [0, 0.1) is 20.8 Å². The van der Waals surface area contributed by atoms with Crippen LogP contribution in [0.5, 0.6) is 0 Å². The number of anilines is 2. The summed E-state index contributed by atoms with van der Waals surface area (Å²) in [7, 11) is 0. The molecule has 0 amide bonds. The van der Waals surface area contributed by atoms with Gasteiger partial charge in [0.1, 0.15) is 28.5 Å². The standard InChI is InChI=1S/C11H13N5O.C10H11N5O.C10H13N3O.C10H12N2O.C9H12N4O.C9H12N4.2C9H11N3O.C8H11N5O/c1-6(2)16-5-12-8-9(16)14-11-13-7(3)4-15(11)10(8)17;1-6(2)15-5-12-7-8(15)13-10-11-3-4-14(10)9(7)16;1-6(2)13-5-11-9-8(13)4-7(3)12-10(9)14;1-7(2)12-6-11-10-8(12)4-3-5-9(10)13;1-5(2)13-4-10-7-8(13)11-6(3)12-9(7)14;1-6(2)13-5-12-8-7(10)3-4-11-9(8)13;1-7(2)11-5-3-8(13)12-6-4-10-9(11)12;1-7(2)11-5-3-8(13)9-10-4-6-12(9)11;1-4(2)13-7-6(11-12-13)8(14)10-5(3)9-7/h5-6H,3-4H2,1-2H3,(H,13,14);3-6H,1-2H3,(H,11,13);4-6H,1-3H3,(H,12,14);3-4,6-7H,5H2,1-2H3;4-5H,1-3H3,(H,11,12,14);3-6H,1-2H3,(H2,10,11);2*3-7H,1-2H3;4H,1-3H3,(H,9,10,14). The Morgan fingerprint density at radius 1 is 0.441 bits per heavy atom. The number of hydrogen-bond donors (Lipinski definition) is 6. The van der Waals surface area contributed by atoms with Gasteiger partial charge in [-0.25, -0.2) is 73.4 Å². The fourth-order valence-electron chi connectivity index (χ4n) is 13.7. The van der Waals surface area contributed by atoms with E-state index in [0.29, 0.717) is 134 Å². The minimum absolute atomic E-state index is 0.0376. The Morgan fingerprint density at radius 3 is 1.63 bits per heavy atom. The Morgan fingerprint density at radius 2 is 0.984 bits per heavy atom. The van der Waals surface area contributed by atoms with E-state index in [0.717, 1.165) is 39.4 Å². The van der Waals surface area contributed by atoms with Crippen LogP contribution in [0.25, 0.3) is 90.1 Å². The monoisotopic (exact) mass is 1730 g/mol. The van der Waals surface area contributed by atoms with E-state index in [2.05, 4.69) is 176 Å². The van der Waals surface area contributed by atoms with Gasteiger partial charge in [0.15, 0.2) is 61.6 Å². The predicted octanol–water partition coefficient (Wildman–Crippen LogP) is 10.9. The molecule has 0 bridgehead atoms. The van der Waals surface area contributed by atoms with Gasteiger partial charge < -0.3 is 63.0 Å². The highest BCUT2D eigenvalue weighted by atomic mass is 16.2. The zero-order valence-electron chi connectivity index (χ0n) is 74.8. The number of imidazole rings is 9. The summed E-state index contributed by atoms with van der Waals surface area (Å²) >= 11 is 0. The largest absolute Gasteiger partial charge is 0.397 e. The number of nitrogens with one attached hydrogen (secondary N) is 5.